The van der Waals surface area contributed by atoms with Crippen LogP contribution >= 0.6 is 0 Å². The Morgan fingerprint density at radius 3 is 2.49 bits per heavy atom. The first-order chi connectivity index (χ1) is 20.7. The topological polar surface area (TPSA) is 143 Å². The summed E-state index contributed by atoms with van der Waals surface area (Å²) in [7, 11) is 1.34. The third kappa shape index (κ3) is 7.20. The van der Waals surface area contributed by atoms with E-state index in [1.54, 1.807) is 4.90 Å². The fraction of sp³-hybridized carbons (Fsp3) is 0.387. The molecule has 3 heterocycles. The number of likely N-dealkylation sites (N-methyl/N-ethyl adjacent to an activating group) is 1. The molecule has 2 atom stereocenters. The summed E-state index contributed by atoms with van der Waals surface area (Å²) in [5.41, 5.74) is 0.722. The minimum absolute atomic E-state index is 0.111. The molecule has 3 aromatic rings. The van der Waals surface area contributed by atoms with Crippen LogP contribution in [-0.2, 0) is 45.6 Å². The van der Waals surface area contributed by atoms with Crippen molar-refractivity contribution in [1.29, 1.82) is 0 Å². The van der Waals surface area contributed by atoms with E-state index >= 15 is 0 Å². The maximum atomic E-state index is 13.2. The fourth-order valence-corrected chi connectivity index (χ4v) is 5.36. The Bertz CT molecular complexity index is 1630. The van der Waals surface area contributed by atoms with E-state index < -0.39 is 23.4 Å². The van der Waals surface area contributed by atoms with Crippen LogP contribution in [-0.4, -0.2) is 75.4 Å². The molecule has 2 aliphatic rings. The van der Waals surface area contributed by atoms with Gasteiger partial charge in [-0.2, -0.15) is 0 Å². The standard InChI is InChI=1S/C31H35N5O7/c1-3-35-18-27(37)33-25-17-36(29(39)15-22-16-32-31(41)34(2)30(22)40)11-10-26(25)42-19-21-7-5-9-24(13-21)43-23-8-4-6-20(12-23)14-28(35)38/h4-9,12-13,16,25-26H,3,10-11,14-15,17-19H2,1-2H3,(H,32,41)(H,33,37)/t25-,26-/m0/s1. The van der Waals surface area contributed by atoms with Gasteiger partial charge in [-0.05, 0) is 48.7 Å². The molecule has 0 unspecified atom stereocenters. The number of ether oxygens (including phenoxy) is 2. The summed E-state index contributed by atoms with van der Waals surface area (Å²) in [6.45, 7) is 2.80. The number of fused-ring (bicyclic) bond motifs is 5. The maximum absolute atomic E-state index is 13.2. The molecule has 5 rings (SSSR count). The average Bonchev–Trinajstić information content (AvgIpc) is 2.99. The Morgan fingerprint density at radius 1 is 1.02 bits per heavy atom. The lowest BCUT2D eigenvalue weighted by Crippen LogP contribution is -2.58. The van der Waals surface area contributed by atoms with Gasteiger partial charge >= 0.3 is 5.69 Å². The van der Waals surface area contributed by atoms with Crippen molar-refractivity contribution >= 4 is 17.7 Å². The van der Waals surface area contributed by atoms with E-state index in [0.717, 1.165) is 15.7 Å². The van der Waals surface area contributed by atoms with E-state index in [0.29, 0.717) is 31.0 Å². The van der Waals surface area contributed by atoms with Crippen LogP contribution in [0.3, 0.4) is 0 Å². The highest BCUT2D eigenvalue weighted by atomic mass is 16.5. The number of hydrogen-bond acceptors (Lipinski definition) is 7. The first kappa shape index (κ1) is 29.8. The van der Waals surface area contributed by atoms with Gasteiger partial charge in [0.2, 0.25) is 17.7 Å². The number of carbonyl (C=O) groups is 3. The van der Waals surface area contributed by atoms with Crippen LogP contribution in [0.4, 0.5) is 0 Å². The summed E-state index contributed by atoms with van der Waals surface area (Å²) in [6, 6.07) is 14.3. The van der Waals surface area contributed by atoms with Gasteiger partial charge in [0, 0.05) is 38.4 Å². The highest BCUT2D eigenvalue weighted by molar-refractivity contribution is 5.86. The van der Waals surface area contributed by atoms with Gasteiger partial charge in [-0.3, -0.25) is 23.7 Å². The lowest BCUT2D eigenvalue weighted by atomic mass is 10.0. The number of carbonyl (C=O) groups excluding carboxylic acids is 3. The normalized spacial score (nSPS) is 19.6. The fourth-order valence-electron chi connectivity index (χ4n) is 5.36. The van der Waals surface area contributed by atoms with Crippen LogP contribution in [0.25, 0.3) is 0 Å². The molecular weight excluding hydrogens is 554 g/mol. The summed E-state index contributed by atoms with van der Waals surface area (Å²) in [5, 5.41) is 3.00. The van der Waals surface area contributed by atoms with Gasteiger partial charge in [0.1, 0.15) is 11.5 Å². The third-order valence-corrected chi connectivity index (χ3v) is 7.76. The molecule has 3 amide bonds. The van der Waals surface area contributed by atoms with Crippen LogP contribution in [0.15, 0.2) is 64.3 Å². The zero-order valence-electron chi connectivity index (χ0n) is 24.2. The van der Waals surface area contributed by atoms with Crippen molar-refractivity contribution in [3.63, 3.8) is 0 Å². The van der Waals surface area contributed by atoms with Crippen molar-refractivity contribution in [2.75, 3.05) is 26.2 Å². The SMILES string of the molecule is CCN1CC(=O)N[C@H]2CN(C(=O)Cc3c[nH]c(=O)n(C)c3=O)CC[C@@H]2OCc2cccc(c2)Oc2cccc(c2)CC1=O. The molecule has 1 saturated heterocycles. The van der Waals surface area contributed by atoms with Crippen LogP contribution < -0.4 is 21.3 Å². The number of nitrogens with zero attached hydrogens (tertiary/aromatic N) is 3. The van der Waals surface area contributed by atoms with Crippen LogP contribution in [0.5, 0.6) is 11.5 Å². The van der Waals surface area contributed by atoms with Gasteiger partial charge in [0.05, 0.1) is 38.1 Å². The number of amides is 3. The Kier molecular flexibility index (Phi) is 9.05. The van der Waals surface area contributed by atoms with Crippen molar-refractivity contribution in [3.8, 4) is 11.5 Å². The molecule has 226 valence electrons. The number of nitrogens with one attached hydrogen (secondary N) is 2. The summed E-state index contributed by atoms with van der Waals surface area (Å²) in [5.74, 6) is 0.364. The van der Waals surface area contributed by atoms with Crippen molar-refractivity contribution in [3.05, 3.63) is 92.3 Å². The highest BCUT2D eigenvalue weighted by Crippen LogP contribution is 2.25. The van der Waals surface area contributed by atoms with Crippen molar-refractivity contribution < 1.29 is 23.9 Å². The molecule has 2 aliphatic heterocycles. The molecule has 12 heteroatoms. The van der Waals surface area contributed by atoms with E-state index in [1.807, 2.05) is 55.5 Å². The Labute approximate surface area is 248 Å². The van der Waals surface area contributed by atoms with E-state index in [2.05, 4.69) is 10.3 Å². The monoisotopic (exact) mass is 589 g/mol. The smallest absolute Gasteiger partial charge is 0.328 e. The molecule has 0 spiro atoms. The Hall–Kier alpha value is -4.71. The molecular formula is C31H35N5O7. The molecule has 0 radical (unpaired) electrons. The predicted molar refractivity (Wildman–Crippen MR) is 157 cm³/mol. The number of aromatic amines is 1. The van der Waals surface area contributed by atoms with E-state index in [1.165, 1.54) is 18.1 Å². The third-order valence-electron chi connectivity index (χ3n) is 7.76. The largest absolute Gasteiger partial charge is 0.457 e. The van der Waals surface area contributed by atoms with E-state index in [-0.39, 0.29) is 55.8 Å². The number of rotatable bonds is 3. The van der Waals surface area contributed by atoms with Gasteiger partial charge in [-0.15, -0.1) is 0 Å². The van der Waals surface area contributed by atoms with Crippen LogP contribution in [0.2, 0.25) is 0 Å². The highest BCUT2D eigenvalue weighted by Gasteiger charge is 2.34. The lowest BCUT2D eigenvalue weighted by molar-refractivity contribution is -0.138. The number of benzene rings is 2. The molecule has 12 nitrogen and oxygen atoms in total. The second-order valence-electron chi connectivity index (χ2n) is 10.8. The molecule has 4 bridgehead atoms. The minimum Gasteiger partial charge on any atom is -0.457 e. The van der Waals surface area contributed by atoms with Gasteiger partial charge in [0.25, 0.3) is 5.56 Å². The minimum atomic E-state index is -0.561. The van der Waals surface area contributed by atoms with Crippen molar-refractivity contribution in [2.24, 2.45) is 7.05 Å². The zero-order chi connectivity index (χ0) is 30.5. The van der Waals surface area contributed by atoms with Crippen LogP contribution in [0, 0.1) is 0 Å². The quantitative estimate of drug-likeness (QED) is 0.466. The molecule has 43 heavy (non-hydrogen) atoms. The molecule has 1 aromatic heterocycles. The molecule has 2 N–H and O–H groups in total. The van der Waals surface area contributed by atoms with Gasteiger partial charge in [0.15, 0.2) is 0 Å². The molecule has 1 fully saturated rings. The second kappa shape index (κ2) is 13.1. The van der Waals surface area contributed by atoms with Gasteiger partial charge < -0.3 is 29.6 Å². The summed E-state index contributed by atoms with van der Waals surface area (Å²) in [4.78, 5) is 69.3. The van der Waals surface area contributed by atoms with Gasteiger partial charge in [-0.25, -0.2) is 4.79 Å². The first-order valence-electron chi connectivity index (χ1n) is 14.3. The average molecular weight is 590 g/mol. The molecule has 0 aliphatic carbocycles. The summed E-state index contributed by atoms with van der Waals surface area (Å²) < 4.78 is 13.3. The maximum Gasteiger partial charge on any atom is 0.328 e. The van der Waals surface area contributed by atoms with Crippen molar-refractivity contribution in [1.82, 2.24) is 24.7 Å². The number of H-pyrrole nitrogens is 1. The first-order valence-corrected chi connectivity index (χ1v) is 14.3. The lowest BCUT2D eigenvalue weighted by Gasteiger charge is -2.39. The summed E-state index contributed by atoms with van der Waals surface area (Å²) >= 11 is 0. The number of aromatic nitrogens is 2. The van der Waals surface area contributed by atoms with Gasteiger partial charge in [-0.1, -0.05) is 24.3 Å². The Morgan fingerprint density at radius 2 is 1.74 bits per heavy atom. The second-order valence-corrected chi connectivity index (χ2v) is 10.8. The van der Waals surface area contributed by atoms with E-state index in [4.69, 9.17) is 9.47 Å². The number of hydrogen-bond donors (Lipinski definition) is 2. The molecule has 2 aromatic carbocycles. The summed E-state index contributed by atoms with van der Waals surface area (Å²) in [6.07, 6.45) is 1.22. The van der Waals surface area contributed by atoms with Crippen LogP contribution in [0.1, 0.15) is 30.0 Å². The molecule has 0 saturated carbocycles. The van der Waals surface area contributed by atoms with Crippen molar-refractivity contribution in [2.45, 2.75) is 44.9 Å². The van der Waals surface area contributed by atoms with E-state index in [9.17, 15) is 24.0 Å². The Balaban J connectivity index is 1.37. The number of piperidine rings is 1. The predicted octanol–water partition coefficient (Wildman–Crippen LogP) is 1.12. The zero-order valence-corrected chi connectivity index (χ0v) is 24.2. The number of likely N-dealkylation sites (tertiary alicyclic amines) is 1.